The SMILES string of the molecule is CC(C(=O)N1CCC2(CC1)CC1(CO2)NC(=O)c2cc(Cl)ccc2N1)c1ccccc1. The Balaban J connectivity index is 1.25. The fraction of sp³-hybridized carbons (Fsp3) is 0.417. The van der Waals surface area contributed by atoms with Gasteiger partial charge in [-0.05, 0) is 43.5 Å². The lowest BCUT2D eigenvalue weighted by molar-refractivity contribution is -0.137. The van der Waals surface area contributed by atoms with E-state index in [1.807, 2.05) is 48.2 Å². The van der Waals surface area contributed by atoms with Crippen molar-refractivity contribution in [2.45, 2.75) is 43.4 Å². The third-order valence-corrected chi connectivity index (χ3v) is 7.09. The summed E-state index contributed by atoms with van der Waals surface area (Å²) in [6, 6.07) is 15.2. The van der Waals surface area contributed by atoms with Crippen LogP contribution in [0, 0.1) is 0 Å². The van der Waals surface area contributed by atoms with Gasteiger partial charge >= 0.3 is 0 Å². The smallest absolute Gasteiger partial charge is 0.255 e. The summed E-state index contributed by atoms with van der Waals surface area (Å²) in [6.45, 7) is 3.68. The molecular formula is C24H26ClN3O3. The molecule has 3 aliphatic heterocycles. The van der Waals surface area contributed by atoms with Crippen molar-refractivity contribution in [3.8, 4) is 0 Å². The minimum Gasteiger partial charge on any atom is -0.370 e. The molecule has 0 saturated carbocycles. The topological polar surface area (TPSA) is 70.7 Å². The second kappa shape index (κ2) is 7.53. The van der Waals surface area contributed by atoms with Crippen LogP contribution in [0.25, 0.3) is 0 Å². The van der Waals surface area contributed by atoms with Crippen LogP contribution >= 0.6 is 11.6 Å². The van der Waals surface area contributed by atoms with Crippen molar-refractivity contribution < 1.29 is 14.3 Å². The Morgan fingerprint density at radius 2 is 1.87 bits per heavy atom. The fourth-order valence-electron chi connectivity index (χ4n) is 5.09. The van der Waals surface area contributed by atoms with Crippen LogP contribution in [0.4, 0.5) is 5.69 Å². The minimum atomic E-state index is -0.624. The highest BCUT2D eigenvalue weighted by atomic mass is 35.5. The van der Waals surface area contributed by atoms with Gasteiger partial charge in [-0.2, -0.15) is 0 Å². The van der Waals surface area contributed by atoms with E-state index in [1.165, 1.54) is 0 Å². The Hall–Kier alpha value is -2.57. The van der Waals surface area contributed by atoms with Crippen LogP contribution in [0.3, 0.4) is 0 Å². The van der Waals surface area contributed by atoms with Crippen LogP contribution in [0.1, 0.15) is 48.0 Å². The lowest BCUT2D eigenvalue weighted by Gasteiger charge is -2.41. The molecule has 2 saturated heterocycles. The maximum atomic E-state index is 13.0. The van der Waals surface area contributed by atoms with Gasteiger partial charge in [-0.3, -0.25) is 9.59 Å². The second-order valence-corrected chi connectivity index (χ2v) is 9.39. The number of rotatable bonds is 2. The van der Waals surface area contributed by atoms with Crippen LogP contribution < -0.4 is 10.6 Å². The number of benzene rings is 2. The van der Waals surface area contributed by atoms with Crippen LogP contribution in [0.2, 0.25) is 5.02 Å². The van der Waals surface area contributed by atoms with Gasteiger partial charge in [-0.15, -0.1) is 0 Å². The van der Waals surface area contributed by atoms with E-state index < -0.39 is 5.66 Å². The summed E-state index contributed by atoms with van der Waals surface area (Å²) in [4.78, 5) is 27.7. The second-order valence-electron chi connectivity index (χ2n) is 8.96. The van der Waals surface area contributed by atoms with Gasteiger partial charge in [-0.25, -0.2) is 0 Å². The number of nitrogens with zero attached hydrogens (tertiary/aromatic N) is 1. The summed E-state index contributed by atoms with van der Waals surface area (Å²) >= 11 is 6.05. The maximum absolute atomic E-state index is 13.0. The van der Waals surface area contributed by atoms with E-state index in [2.05, 4.69) is 10.6 Å². The molecular weight excluding hydrogens is 414 g/mol. The van der Waals surface area contributed by atoms with Crippen molar-refractivity contribution in [2.24, 2.45) is 0 Å². The van der Waals surface area contributed by atoms with Gasteiger partial charge in [0.05, 0.1) is 23.7 Å². The Kier molecular flexibility index (Phi) is 4.94. The van der Waals surface area contributed by atoms with Gasteiger partial charge in [0.15, 0.2) is 0 Å². The molecule has 0 aromatic heterocycles. The average Bonchev–Trinajstić information content (AvgIpc) is 3.11. The molecule has 3 aliphatic rings. The first kappa shape index (κ1) is 20.3. The van der Waals surface area contributed by atoms with E-state index in [0.29, 0.717) is 36.7 Å². The third-order valence-electron chi connectivity index (χ3n) is 6.86. The zero-order chi connectivity index (χ0) is 21.6. The van der Waals surface area contributed by atoms with E-state index in [1.54, 1.807) is 12.1 Å². The highest BCUT2D eigenvalue weighted by Crippen LogP contribution is 2.43. The number of ether oxygens (including phenoxy) is 1. The Morgan fingerprint density at radius 1 is 1.13 bits per heavy atom. The van der Waals surface area contributed by atoms with Gasteiger partial charge in [0, 0.05) is 30.2 Å². The van der Waals surface area contributed by atoms with Gasteiger partial charge in [0.2, 0.25) is 5.91 Å². The van der Waals surface area contributed by atoms with Crippen LogP contribution in [0.15, 0.2) is 48.5 Å². The van der Waals surface area contributed by atoms with Gasteiger partial charge in [0.1, 0.15) is 5.66 Å². The largest absolute Gasteiger partial charge is 0.370 e. The lowest BCUT2D eigenvalue weighted by atomic mass is 9.84. The van der Waals surface area contributed by atoms with Crippen molar-refractivity contribution in [2.75, 3.05) is 25.0 Å². The van der Waals surface area contributed by atoms with Crippen molar-refractivity contribution in [3.63, 3.8) is 0 Å². The standard InChI is InChI=1S/C24H26ClN3O3/c1-16(17-5-3-2-4-6-17)22(30)28-11-9-23(10-12-28)14-24(15-31-23)26-20-8-7-18(25)13-19(20)21(29)27-24/h2-8,13,16,26H,9-12,14-15H2,1H3,(H,27,29). The highest BCUT2D eigenvalue weighted by Gasteiger charge is 2.53. The van der Waals surface area contributed by atoms with Gasteiger partial charge in [-0.1, -0.05) is 41.9 Å². The fourth-order valence-corrected chi connectivity index (χ4v) is 5.26. The molecule has 162 valence electrons. The van der Waals surface area contributed by atoms with Crippen molar-refractivity contribution in [3.05, 3.63) is 64.7 Å². The van der Waals surface area contributed by atoms with Crippen LogP contribution in [-0.4, -0.2) is 47.7 Å². The molecule has 2 unspecified atom stereocenters. The molecule has 2 amide bonds. The number of carbonyl (C=O) groups excluding carboxylic acids is 2. The van der Waals surface area contributed by atoms with E-state index in [4.69, 9.17) is 16.3 Å². The number of hydrogen-bond acceptors (Lipinski definition) is 4. The predicted molar refractivity (Wildman–Crippen MR) is 119 cm³/mol. The summed E-state index contributed by atoms with van der Waals surface area (Å²) in [5.74, 6) is -0.140. The quantitative estimate of drug-likeness (QED) is 0.747. The first-order chi connectivity index (χ1) is 14.9. The van der Waals surface area contributed by atoms with Crippen molar-refractivity contribution >= 4 is 29.1 Å². The maximum Gasteiger partial charge on any atom is 0.255 e. The summed E-state index contributed by atoms with van der Waals surface area (Å²) in [6.07, 6.45) is 2.18. The van der Waals surface area contributed by atoms with Crippen LogP contribution in [0.5, 0.6) is 0 Å². The van der Waals surface area contributed by atoms with E-state index in [0.717, 1.165) is 24.1 Å². The summed E-state index contributed by atoms with van der Waals surface area (Å²) < 4.78 is 6.29. The number of hydrogen-bond donors (Lipinski definition) is 2. The number of amides is 2. The Labute approximate surface area is 186 Å². The van der Waals surface area contributed by atoms with E-state index >= 15 is 0 Å². The number of fused-ring (bicyclic) bond motifs is 1. The monoisotopic (exact) mass is 439 g/mol. The molecule has 0 radical (unpaired) electrons. The number of halogens is 1. The zero-order valence-corrected chi connectivity index (χ0v) is 18.2. The molecule has 3 heterocycles. The number of likely N-dealkylation sites (tertiary alicyclic amines) is 1. The number of anilines is 1. The average molecular weight is 440 g/mol. The normalized spacial score (nSPS) is 25.1. The molecule has 0 bridgehead atoms. The molecule has 2 atom stereocenters. The molecule has 2 spiro atoms. The highest BCUT2D eigenvalue weighted by molar-refractivity contribution is 6.31. The van der Waals surface area contributed by atoms with Gasteiger partial charge < -0.3 is 20.3 Å². The Bertz CT molecular complexity index is 1020. The molecule has 2 fully saturated rings. The third kappa shape index (κ3) is 3.68. The van der Waals surface area contributed by atoms with Crippen molar-refractivity contribution in [1.82, 2.24) is 10.2 Å². The molecule has 31 heavy (non-hydrogen) atoms. The number of nitrogens with one attached hydrogen (secondary N) is 2. The minimum absolute atomic E-state index is 0.138. The van der Waals surface area contributed by atoms with E-state index in [9.17, 15) is 9.59 Å². The van der Waals surface area contributed by atoms with Crippen molar-refractivity contribution in [1.29, 1.82) is 0 Å². The number of piperidine rings is 1. The molecule has 6 nitrogen and oxygen atoms in total. The predicted octanol–water partition coefficient (Wildman–Crippen LogP) is 3.78. The first-order valence-electron chi connectivity index (χ1n) is 10.8. The summed E-state index contributed by atoms with van der Waals surface area (Å²) in [5.41, 5.74) is 1.41. The van der Waals surface area contributed by atoms with E-state index in [-0.39, 0.29) is 23.3 Å². The lowest BCUT2D eigenvalue weighted by Crippen LogP contribution is -2.59. The number of carbonyl (C=O) groups is 2. The Morgan fingerprint density at radius 3 is 2.61 bits per heavy atom. The summed E-state index contributed by atoms with van der Waals surface area (Å²) in [5, 5.41) is 7.12. The molecule has 2 aromatic rings. The zero-order valence-electron chi connectivity index (χ0n) is 17.5. The van der Waals surface area contributed by atoms with Crippen LogP contribution in [-0.2, 0) is 9.53 Å². The van der Waals surface area contributed by atoms with Gasteiger partial charge in [0.25, 0.3) is 5.91 Å². The molecule has 0 aliphatic carbocycles. The first-order valence-corrected chi connectivity index (χ1v) is 11.1. The summed E-state index contributed by atoms with van der Waals surface area (Å²) in [7, 11) is 0. The molecule has 5 rings (SSSR count). The molecule has 2 aromatic carbocycles. The molecule has 7 heteroatoms. The molecule has 2 N–H and O–H groups in total.